The van der Waals surface area contributed by atoms with Crippen LogP contribution in [0.25, 0.3) is 0 Å². The Morgan fingerprint density at radius 3 is 2.50 bits per heavy atom. The highest BCUT2D eigenvalue weighted by atomic mass is 16.5. The number of esters is 1. The van der Waals surface area contributed by atoms with E-state index in [1.165, 1.54) is 4.68 Å². The molecule has 0 aliphatic rings. The standard InChI is InChI=1S/C13H22N4O3/c1-5-10(6-2)14-11(18)8-17-9(4)12(15-16-17)13(19)20-7-3/h10H,5-8H2,1-4H3,(H,14,18). The van der Waals surface area contributed by atoms with Crippen LogP contribution in [-0.2, 0) is 16.1 Å². The molecule has 0 unspecified atom stereocenters. The van der Waals surface area contributed by atoms with Crippen LogP contribution in [0.2, 0.25) is 0 Å². The zero-order valence-electron chi connectivity index (χ0n) is 12.5. The molecule has 0 fully saturated rings. The summed E-state index contributed by atoms with van der Waals surface area (Å²) in [6.45, 7) is 7.79. The van der Waals surface area contributed by atoms with E-state index < -0.39 is 5.97 Å². The van der Waals surface area contributed by atoms with Crippen LogP contribution < -0.4 is 5.32 Å². The van der Waals surface area contributed by atoms with Crippen LogP contribution in [0.5, 0.6) is 0 Å². The molecule has 0 saturated carbocycles. The number of nitrogens with one attached hydrogen (secondary N) is 1. The summed E-state index contributed by atoms with van der Waals surface area (Å²) in [7, 11) is 0. The number of hydrogen-bond donors (Lipinski definition) is 1. The van der Waals surface area contributed by atoms with Gasteiger partial charge in [-0.1, -0.05) is 19.1 Å². The van der Waals surface area contributed by atoms with Crippen molar-refractivity contribution in [2.45, 2.75) is 53.1 Å². The molecular formula is C13H22N4O3. The molecule has 0 bridgehead atoms. The first kappa shape index (κ1) is 16.1. The monoisotopic (exact) mass is 282 g/mol. The third kappa shape index (κ3) is 4.04. The van der Waals surface area contributed by atoms with Crippen molar-refractivity contribution in [2.75, 3.05) is 6.61 Å². The third-order valence-electron chi connectivity index (χ3n) is 3.10. The van der Waals surface area contributed by atoms with E-state index in [1.54, 1.807) is 13.8 Å². The summed E-state index contributed by atoms with van der Waals surface area (Å²) in [4.78, 5) is 23.5. The zero-order valence-corrected chi connectivity index (χ0v) is 12.5. The van der Waals surface area contributed by atoms with Crippen molar-refractivity contribution in [1.29, 1.82) is 0 Å². The van der Waals surface area contributed by atoms with Crippen molar-refractivity contribution in [2.24, 2.45) is 0 Å². The topological polar surface area (TPSA) is 86.1 Å². The van der Waals surface area contributed by atoms with Gasteiger partial charge in [0, 0.05) is 6.04 Å². The Balaban J connectivity index is 2.69. The average Bonchev–Trinajstić information content (AvgIpc) is 2.78. The predicted molar refractivity (Wildman–Crippen MR) is 73.2 cm³/mol. The SMILES string of the molecule is CCOC(=O)c1nnn(CC(=O)NC(CC)CC)c1C. The van der Waals surface area contributed by atoms with Gasteiger partial charge in [0.1, 0.15) is 6.54 Å². The zero-order chi connectivity index (χ0) is 15.1. The molecule has 0 saturated heterocycles. The second-order valence-corrected chi connectivity index (χ2v) is 4.48. The molecule has 7 heteroatoms. The van der Waals surface area contributed by atoms with E-state index in [0.29, 0.717) is 5.69 Å². The lowest BCUT2D eigenvalue weighted by Crippen LogP contribution is -2.36. The Hall–Kier alpha value is -1.92. The maximum Gasteiger partial charge on any atom is 0.360 e. The fraction of sp³-hybridized carbons (Fsp3) is 0.692. The molecule has 1 rings (SSSR count). The van der Waals surface area contributed by atoms with Crippen molar-refractivity contribution in [1.82, 2.24) is 20.3 Å². The number of aromatic nitrogens is 3. The summed E-state index contributed by atoms with van der Waals surface area (Å²) >= 11 is 0. The third-order valence-corrected chi connectivity index (χ3v) is 3.10. The first-order valence-electron chi connectivity index (χ1n) is 6.89. The van der Waals surface area contributed by atoms with Crippen molar-refractivity contribution >= 4 is 11.9 Å². The van der Waals surface area contributed by atoms with Gasteiger partial charge in [0.15, 0.2) is 5.69 Å². The van der Waals surface area contributed by atoms with Gasteiger partial charge in [-0.15, -0.1) is 5.10 Å². The lowest BCUT2D eigenvalue weighted by atomic mass is 10.2. The van der Waals surface area contributed by atoms with Crippen LogP contribution in [0.1, 0.15) is 49.8 Å². The average molecular weight is 282 g/mol. The largest absolute Gasteiger partial charge is 0.461 e. The number of rotatable bonds is 7. The Morgan fingerprint density at radius 1 is 1.30 bits per heavy atom. The van der Waals surface area contributed by atoms with Crippen LogP contribution in [0.15, 0.2) is 0 Å². The van der Waals surface area contributed by atoms with Crippen LogP contribution in [0.4, 0.5) is 0 Å². The van der Waals surface area contributed by atoms with E-state index in [0.717, 1.165) is 12.8 Å². The minimum Gasteiger partial charge on any atom is -0.461 e. The van der Waals surface area contributed by atoms with E-state index in [2.05, 4.69) is 15.6 Å². The first-order valence-corrected chi connectivity index (χ1v) is 6.89. The molecule has 0 atom stereocenters. The predicted octanol–water partition coefficient (Wildman–Crippen LogP) is 1.07. The quantitative estimate of drug-likeness (QED) is 0.756. The Morgan fingerprint density at radius 2 is 1.95 bits per heavy atom. The number of hydrogen-bond acceptors (Lipinski definition) is 5. The Bertz CT molecular complexity index is 466. The van der Waals surface area contributed by atoms with E-state index in [9.17, 15) is 9.59 Å². The minimum atomic E-state index is -0.517. The van der Waals surface area contributed by atoms with Crippen LogP contribution >= 0.6 is 0 Å². The highest BCUT2D eigenvalue weighted by molar-refractivity contribution is 5.88. The molecule has 0 aliphatic carbocycles. The lowest BCUT2D eigenvalue weighted by molar-refractivity contribution is -0.122. The number of ether oxygens (including phenoxy) is 1. The normalized spacial score (nSPS) is 10.7. The summed E-state index contributed by atoms with van der Waals surface area (Å²) in [6.07, 6.45) is 1.76. The molecular weight excluding hydrogens is 260 g/mol. The lowest BCUT2D eigenvalue weighted by Gasteiger charge is -2.14. The van der Waals surface area contributed by atoms with E-state index in [1.807, 2.05) is 13.8 Å². The maximum atomic E-state index is 11.9. The van der Waals surface area contributed by atoms with E-state index >= 15 is 0 Å². The van der Waals surface area contributed by atoms with E-state index in [4.69, 9.17) is 4.74 Å². The number of carbonyl (C=O) groups is 2. The van der Waals surface area contributed by atoms with Gasteiger partial charge in [-0.2, -0.15) is 0 Å². The Kier molecular flexibility index (Phi) is 6.14. The summed E-state index contributed by atoms with van der Waals surface area (Å²) in [6, 6.07) is 0.163. The van der Waals surface area contributed by atoms with Gasteiger partial charge < -0.3 is 10.1 Å². The minimum absolute atomic E-state index is 0.0503. The molecule has 20 heavy (non-hydrogen) atoms. The molecule has 1 amide bonds. The molecule has 0 aromatic carbocycles. The van der Waals surface area contributed by atoms with Crippen LogP contribution in [0.3, 0.4) is 0 Å². The highest BCUT2D eigenvalue weighted by Crippen LogP contribution is 2.06. The van der Waals surface area contributed by atoms with Gasteiger partial charge in [-0.3, -0.25) is 4.79 Å². The van der Waals surface area contributed by atoms with Gasteiger partial charge in [-0.25, -0.2) is 9.48 Å². The summed E-state index contributed by atoms with van der Waals surface area (Å²) in [5.74, 6) is -0.654. The molecule has 0 spiro atoms. The number of carbonyl (C=O) groups excluding carboxylic acids is 2. The molecule has 1 aromatic heterocycles. The molecule has 0 aliphatic heterocycles. The number of nitrogens with zero attached hydrogens (tertiary/aromatic N) is 3. The second-order valence-electron chi connectivity index (χ2n) is 4.48. The Labute approximate surface area is 118 Å². The van der Waals surface area contributed by atoms with E-state index in [-0.39, 0.29) is 30.8 Å². The summed E-state index contributed by atoms with van der Waals surface area (Å²) < 4.78 is 6.28. The molecule has 0 radical (unpaired) electrons. The summed E-state index contributed by atoms with van der Waals surface area (Å²) in [5, 5.41) is 10.5. The first-order chi connectivity index (χ1) is 9.53. The van der Waals surface area contributed by atoms with Crippen molar-refractivity contribution < 1.29 is 14.3 Å². The molecule has 1 aromatic rings. The maximum absolute atomic E-state index is 11.9. The molecule has 1 N–H and O–H groups in total. The second kappa shape index (κ2) is 7.62. The van der Waals surface area contributed by atoms with Gasteiger partial charge >= 0.3 is 5.97 Å². The molecule has 7 nitrogen and oxygen atoms in total. The van der Waals surface area contributed by atoms with Crippen molar-refractivity contribution in [3.05, 3.63) is 11.4 Å². The van der Waals surface area contributed by atoms with Crippen LogP contribution in [-0.4, -0.2) is 39.5 Å². The molecule has 112 valence electrons. The van der Waals surface area contributed by atoms with Gasteiger partial charge in [0.25, 0.3) is 0 Å². The highest BCUT2D eigenvalue weighted by Gasteiger charge is 2.19. The van der Waals surface area contributed by atoms with Gasteiger partial charge in [0.05, 0.1) is 12.3 Å². The van der Waals surface area contributed by atoms with Crippen molar-refractivity contribution in [3.63, 3.8) is 0 Å². The van der Waals surface area contributed by atoms with Crippen LogP contribution in [0, 0.1) is 6.92 Å². The van der Waals surface area contributed by atoms with Crippen molar-refractivity contribution in [3.8, 4) is 0 Å². The molecule has 1 heterocycles. The fourth-order valence-corrected chi connectivity index (χ4v) is 1.80. The summed E-state index contributed by atoms with van der Waals surface area (Å²) in [5.41, 5.74) is 0.685. The van der Waals surface area contributed by atoms with Gasteiger partial charge in [0.2, 0.25) is 5.91 Å². The van der Waals surface area contributed by atoms with Gasteiger partial charge in [-0.05, 0) is 26.7 Å². The smallest absolute Gasteiger partial charge is 0.360 e. The fourth-order valence-electron chi connectivity index (χ4n) is 1.80. The number of amides is 1.